The number of benzene rings is 1. The van der Waals surface area contributed by atoms with Gasteiger partial charge in [-0.3, -0.25) is 4.79 Å². The minimum absolute atomic E-state index is 0.0324. The van der Waals surface area contributed by atoms with Gasteiger partial charge >= 0.3 is 0 Å². The lowest BCUT2D eigenvalue weighted by Gasteiger charge is -2.15. The number of ketones is 1. The summed E-state index contributed by atoms with van der Waals surface area (Å²) in [6, 6.07) is 9.25. The van der Waals surface area contributed by atoms with E-state index in [-0.39, 0.29) is 12.1 Å². The van der Waals surface area contributed by atoms with Crippen molar-refractivity contribution in [2.24, 2.45) is 0 Å². The predicted molar refractivity (Wildman–Crippen MR) is 76.2 cm³/mol. The Bertz CT molecular complexity index is 378. The third-order valence-corrected chi connectivity index (χ3v) is 2.60. The van der Waals surface area contributed by atoms with E-state index in [1.807, 2.05) is 50.3 Å². The van der Waals surface area contributed by atoms with Crippen LogP contribution >= 0.6 is 0 Å². The standard InChI is InChI=1S/C16H22O3/c1-3-18-16(19-4-2)13-9-8-12-15(17)14-10-6-5-7-11-14/h5-8,10-12,16H,3-4,9,13H2,1-2H3. The van der Waals surface area contributed by atoms with Crippen LogP contribution in [0.1, 0.15) is 37.0 Å². The molecule has 0 N–H and O–H groups in total. The van der Waals surface area contributed by atoms with Crippen molar-refractivity contribution in [3.8, 4) is 0 Å². The third kappa shape index (κ3) is 6.32. The Morgan fingerprint density at radius 3 is 2.37 bits per heavy atom. The second-order valence-corrected chi connectivity index (χ2v) is 4.05. The van der Waals surface area contributed by atoms with Crippen molar-refractivity contribution in [1.82, 2.24) is 0 Å². The molecule has 0 spiro atoms. The van der Waals surface area contributed by atoms with Crippen LogP contribution in [-0.2, 0) is 9.47 Å². The van der Waals surface area contributed by atoms with Gasteiger partial charge in [-0.2, -0.15) is 0 Å². The lowest BCUT2D eigenvalue weighted by atomic mass is 10.1. The van der Waals surface area contributed by atoms with Gasteiger partial charge in [-0.15, -0.1) is 0 Å². The van der Waals surface area contributed by atoms with E-state index in [2.05, 4.69) is 0 Å². The van der Waals surface area contributed by atoms with E-state index >= 15 is 0 Å². The number of ether oxygens (including phenoxy) is 2. The molecule has 19 heavy (non-hydrogen) atoms. The molecule has 0 bridgehead atoms. The second-order valence-electron chi connectivity index (χ2n) is 4.05. The largest absolute Gasteiger partial charge is 0.353 e. The zero-order chi connectivity index (χ0) is 13.9. The lowest BCUT2D eigenvalue weighted by molar-refractivity contribution is -0.138. The van der Waals surface area contributed by atoms with Crippen LogP contribution in [-0.4, -0.2) is 25.3 Å². The Hall–Kier alpha value is -1.45. The summed E-state index contributed by atoms with van der Waals surface area (Å²) in [5.74, 6) is 0.0324. The molecule has 0 amide bonds. The van der Waals surface area contributed by atoms with E-state index in [0.29, 0.717) is 18.8 Å². The van der Waals surface area contributed by atoms with E-state index in [1.165, 1.54) is 0 Å². The van der Waals surface area contributed by atoms with Gasteiger partial charge in [0, 0.05) is 25.2 Å². The summed E-state index contributed by atoms with van der Waals surface area (Å²) in [5.41, 5.74) is 0.713. The molecule has 1 rings (SSSR count). The number of hydrogen-bond donors (Lipinski definition) is 0. The fourth-order valence-electron chi connectivity index (χ4n) is 1.71. The quantitative estimate of drug-likeness (QED) is 0.387. The van der Waals surface area contributed by atoms with Crippen molar-refractivity contribution in [1.29, 1.82) is 0 Å². The molecule has 104 valence electrons. The van der Waals surface area contributed by atoms with Gasteiger partial charge in [-0.1, -0.05) is 36.4 Å². The van der Waals surface area contributed by atoms with E-state index in [4.69, 9.17) is 9.47 Å². The molecule has 0 saturated carbocycles. The molecule has 0 radical (unpaired) electrons. The van der Waals surface area contributed by atoms with Gasteiger partial charge in [0.15, 0.2) is 12.1 Å². The van der Waals surface area contributed by atoms with E-state index < -0.39 is 0 Å². The Balaban J connectivity index is 2.35. The molecule has 3 heteroatoms. The third-order valence-electron chi connectivity index (χ3n) is 2.60. The topological polar surface area (TPSA) is 35.5 Å². The van der Waals surface area contributed by atoms with Crippen LogP contribution in [0.5, 0.6) is 0 Å². The summed E-state index contributed by atoms with van der Waals surface area (Å²) >= 11 is 0. The van der Waals surface area contributed by atoms with Crippen LogP contribution in [0.25, 0.3) is 0 Å². The molecule has 3 nitrogen and oxygen atoms in total. The van der Waals surface area contributed by atoms with Crippen LogP contribution in [0.2, 0.25) is 0 Å². The first-order valence-corrected chi connectivity index (χ1v) is 6.77. The van der Waals surface area contributed by atoms with Gasteiger partial charge in [-0.25, -0.2) is 0 Å². The molecule has 0 atom stereocenters. The summed E-state index contributed by atoms with van der Waals surface area (Å²) in [5, 5.41) is 0. The molecule has 0 aromatic heterocycles. The molecule has 0 saturated heterocycles. The van der Waals surface area contributed by atoms with Crippen molar-refractivity contribution >= 4 is 5.78 Å². The number of carbonyl (C=O) groups excluding carboxylic acids is 1. The zero-order valence-electron chi connectivity index (χ0n) is 11.7. The highest BCUT2D eigenvalue weighted by molar-refractivity contribution is 6.04. The average Bonchev–Trinajstić information content (AvgIpc) is 2.44. The second kappa shape index (κ2) is 9.48. The Kier molecular flexibility index (Phi) is 7.78. The van der Waals surface area contributed by atoms with Crippen LogP contribution in [0, 0.1) is 0 Å². The summed E-state index contributed by atoms with van der Waals surface area (Å²) in [6.07, 6.45) is 4.85. The maximum absolute atomic E-state index is 11.8. The SMILES string of the molecule is CCOC(CCC=CC(=O)c1ccccc1)OCC. The molecular formula is C16H22O3. The first-order chi connectivity index (χ1) is 9.27. The van der Waals surface area contributed by atoms with Crippen molar-refractivity contribution in [3.63, 3.8) is 0 Å². The lowest BCUT2D eigenvalue weighted by Crippen LogP contribution is -2.16. The molecule has 0 heterocycles. The molecular weight excluding hydrogens is 240 g/mol. The molecule has 0 fully saturated rings. The first-order valence-electron chi connectivity index (χ1n) is 6.77. The summed E-state index contributed by atoms with van der Waals surface area (Å²) < 4.78 is 10.9. The summed E-state index contributed by atoms with van der Waals surface area (Å²) in [6.45, 7) is 5.16. The van der Waals surface area contributed by atoms with Gasteiger partial charge in [0.1, 0.15) is 0 Å². The molecule has 0 aliphatic carbocycles. The average molecular weight is 262 g/mol. The molecule has 1 aromatic carbocycles. The Labute approximate surface area is 115 Å². The predicted octanol–water partition coefficient (Wildman–Crippen LogP) is 3.60. The number of rotatable bonds is 9. The van der Waals surface area contributed by atoms with E-state index in [1.54, 1.807) is 6.08 Å². The van der Waals surface area contributed by atoms with Gasteiger partial charge in [0.05, 0.1) is 0 Å². The number of carbonyl (C=O) groups is 1. The van der Waals surface area contributed by atoms with Crippen LogP contribution < -0.4 is 0 Å². The monoisotopic (exact) mass is 262 g/mol. The van der Waals surface area contributed by atoms with Crippen molar-refractivity contribution in [2.75, 3.05) is 13.2 Å². The summed E-state index contributed by atoms with van der Waals surface area (Å²) in [4.78, 5) is 11.8. The van der Waals surface area contributed by atoms with Crippen molar-refractivity contribution < 1.29 is 14.3 Å². The Morgan fingerprint density at radius 1 is 1.16 bits per heavy atom. The first kappa shape index (κ1) is 15.6. The van der Waals surface area contributed by atoms with Crippen LogP contribution in [0.3, 0.4) is 0 Å². The van der Waals surface area contributed by atoms with Crippen molar-refractivity contribution in [2.45, 2.75) is 33.0 Å². The molecule has 0 aliphatic heterocycles. The minimum Gasteiger partial charge on any atom is -0.353 e. The molecule has 0 aliphatic rings. The fraction of sp³-hybridized carbons (Fsp3) is 0.438. The van der Waals surface area contributed by atoms with Gasteiger partial charge in [0.25, 0.3) is 0 Å². The van der Waals surface area contributed by atoms with Gasteiger partial charge < -0.3 is 9.47 Å². The minimum atomic E-state index is -0.175. The molecule has 0 unspecified atom stereocenters. The highest BCUT2D eigenvalue weighted by Crippen LogP contribution is 2.06. The molecule has 1 aromatic rings. The number of hydrogen-bond acceptors (Lipinski definition) is 3. The van der Waals surface area contributed by atoms with Crippen LogP contribution in [0.15, 0.2) is 42.5 Å². The fourth-order valence-corrected chi connectivity index (χ4v) is 1.71. The highest BCUT2D eigenvalue weighted by Gasteiger charge is 2.06. The van der Waals surface area contributed by atoms with Crippen LogP contribution in [0.4, 0.5) is 0 Å². The zero-order valence-corrected chi connectivity index (χ0v) is 11.7. The number of allylic oxidation sites excluding steroid dienone is 2. The smallest absolute Gasteiger partial charge is 0.185 e. The van der Waals surface area contributed by atoms with E-state index in [0.717, 1.165) is 12.8 Å². The van der Waals surface area contributed by atoms with Crippen molar-refractivity contribution in [3.05, 3.63) is 48.0 Å². The Morgan fingerprint density at radius 2 is 1.79 bits per heavy atom. The maximum Gasteiger partial charge on any atom is 0.185 e. The maximum atomic E-state index is 11.8. The van der Waals surface area contributed by atoms with E-state index in [9.17, 15) is 4.79 Å². The highest BCUT2D eigenvalue weighted by atomic mass is 16.7. The summed E-state index contributed by atoms with van der Waals surface area (Å²) in [7, 11) is 0. The van der Waals surface area contributed by atoms with Gasteiger partial charge in [0.2, 0.25) is 0 Å². The normalized spacial score (nSPS) is 11.3. The van der Waals surface area contributed by atoms with Gasteiger partial charge in [-0.05, 0) is 26.3 Å².